The maximum Gasteiger partial charge on any atom is 0.407 e. The van der Waals surface area contributed by atoms with Crippen LogP contribution in [0.5, 0.6) is 0 Å². The molecule has 0 bridgehead atoms. The van der Waals surface area contributed by atoms with Gasteiger partial charge in [-0.3, -0.25) is 24.1 Å². The molecule has 0 radical (unpaired) electrons. The molecule has 5 N–H and O–H groups in total. The number of nitrogens with zero attached hydrogens (tertiary/aromatic N) is 1. The molecule has 0 aromatic heterocycles. The van der Waals surface area contributed by atoms with Crippen molar-refractivity contribution in [1.82, 2.24) is 20.9 Å². The van der Waals surface area contributed by atoms with Gasteiger partial charge in [-0.1, -0.05) is 111 Å². The van der Waals surface area contributed by atoms with E-state index in [1.54, 1.807) is 31.2 Å². The second-order valence-electron chi connectivity index (χ2n) is 15.4. The van der Waals surface area contributed by atoms with Crippen LogP contribution in [-0.2, 0) is 41.7 Å². The van der Waals surface area contributed by atoms with Crippen molar-refractivity contribution in [3.05, 3.63) is 138 Å². The maximum absolute atomic E-state index is 13.8. The average molecular weight is 874 g/mol. The van der Waals surface area contributed by atoms with E-state index < -0.39 is 24.1 Å². The lowest BCUT2D eigenvalue weighted by molar-refractivity contribution is -0.137. The highest BCUT2D eigenvalue weighted by molar-refractivity contribution is 6.12. The fraction of sp³-hybridized carbons (Fsp3) is 0.373. The first-order chi connectivity index (χ1) is 31.1. The summed E-state index contributed by atoms with van der Waals surface area (Å²) in [5.41, 5.74) is 6.58. The van der Waals surface area contributed by atoms with Gasteiger partial charge < -0.3 is 35.9 Å². The summed E-state index contributed by atoms with van der Waals surface area (Å²) in [5.74, 6) is -1.24. The normalized spacial score (nSPS) is 13.3. The van der Waals surface area contributed by atoms with Crippen molar-refractivity contribution in [2.75, 3.05) is 32.1 Å². The van der Waals surface area contributed by atoms with Crippen LogP contribution in [0.25, 0.3) is 11.1 Å². The first-order valence-corrected chi connectivity index (χ1v) is 22.2. The number of anilines is 1. The van der Waals surface area contributed by atoms with E-state index in [1.807, 2.05) is 75.5 Å². The van der Waals surface area contributed by atoms with E-state index in [9.17, 15) is 33.9 Å². The Hall–Kier alpha value is -6.44. The molecule has 4 aromatic rings. The second-order valence-corrected chi connectivity index (χ2v) is 15.4. The van der Waals surface area contributed by atoms with Gasteiger partial charge in [0.2, 0.25) is 11.8 Å². The summed E-state index contributed by atoms with van der Waals surface area (Å²) in [4.78, 5) is 74.6. The zero-order valence-electron chi connectivity index (χ0n) is 37.4. The van der Waals surface area contributed by atoms with Gasteiger partial charge in [-0.15, -0.1) is 0 Å². The molecule has 2 atom stereocenters. The number of imide groups is 1. The highest BCUT2D eigenvalue weighted by Crippen LogP contribution is 2.44. The lowest BCUT2D eigenvalue weighted by Gasteiger charge is -2.24. The number of hydrogen-bond donors (Lipinski definition) is 5. The first kappa shape index (κ1) is 50.2. The molecule has 5 amide bonds. The predicted octanol–water partition coefficient (Wildman–Crippen LogP) is 7.23. The molecule has 13 heteroatoms. The second kappa shape index (κ2) is 26.9. The van der Waals surface area contributed by atoms with E-state index in [2.05, 4.69) is 45.5 Å². The summed E-state index contributed by atoms with van der Waals surface area (Å²) < 4.78 is 5.77. The Bertz CT molecular complexity index is 2110. The van der Waals surface area contributed by atoms with Crippen LogP contribution in [0.3, 0.4) is 0 Å². The minimum absolute atomic E-state index is 0.0994. The molecule has 2 aliphatic rings. The number of carbonyl (C=O) groups excluding carboxylic acids is 6. The number of amides is 5. The predicted molar refractivity (Wildman–Crippen MR) is 249 cm³/mol. The van der Waals surface area contributed by atoms with Crippen LogP contribution in [0.1, 0.15) is 93.9 Å². The molecule has 6 rings (SSSR count). The Balaban J connectivity index is 0.000000445. The van der Waals surface area contributed by atoms with Crippen LogP contribution in [0.15, 0.2) is 115 Å². The van der Waals surface area contributed by atoms with Crippen LogP contribution in [-0.4, -0.2) is 84.3 Å². The summed E-state index contributed by atoms with van der Waals surface area (Å²) >= 11 is 0. The number of aliphatic hydroxyl groups excluding tert-OH is 1. The fourth-order valence-corrected chi connectivity index (χ4v) is 7.43. The van der Waals surface area contributed by atoms with Gasteiger partial charge in [0.1, 0.15) is 24.5 Å². The van der Waals surface area contributed by atoms with Gasteiger partial charge in [0.25, 0.3) is 11.8 Å². The van der Waals surface area contributed by atoms with Crippen molar-refractivity contribution in [3.8, 4) is 11.1 Å². The molecule has 1 aliphatic carbocycles. The van der Waals surface area contributed by atoms with E-state index in [0.717, 1.165) is 65.6 Å². The summed E-state index contributed by atoms with van der Waals surface area (Å²) in [6, 6.07) is 30.7. The molecule has 64 heavy (non-hydrogen) atoms. The molecule has 13 nitrogen and oxygen atoms in total. The van der Waals surface area contributed by atoms with Crippen LogP contribution >= 0.6 is 0 Å². The van der Waals surface area contributed by atoms with Crippen molar-refractivity contribution in [2.45, 2.75) is 96.7 Å². The quantitative estimate of drug-likeness (QED) is 0.0426. The fourth-order valence-electron chi connectivity index (χ4n) is 7.43. The van der Waals surface area contributed by atoms with Crippen LogP contribution in [0, 0.1) is 0 Å². The first-order valence-electron chi connectivity index (χ1n) is 22.2. The molecule has 0 spiro atoms. The van der Waals surface area contributed by atoms with Gasteiger partial charge in [-0.05, 0) is 98.1 Å². The summed E-state index contributed by atoms with van der Waals surface area (Å²) in [6.45, 7) is 6.83. The third kappa shape index (κ3) is 15.4. The van der Waals surface area contributed by atoms with Crippen LogP contribution in [0.2, 0.25) is 0 Å². The minimum atomic E-state index is -0.982. The number of benzene rings is 4. The number of hydrogen-bond acceptors (Lipinski definition) is 9. The van der Waals surface area contributed by atoms with Crippen molar-refractivity contribution in [1.29, 1.82) is 0 Å². The van der Waals surface area contributed by atoms with Crippen molar-refractivity contribution in [3.63, 3.8) is 0 Å². The van der Waals surface area contributed by atoms with Gasteiger partial charge in [-0.25, -0.2) is 4.79 Å². The van der Waals surface area contributed by atoms with E-state index in [-0.39, 0.29) is 49.1 Å². The van der Waals surface area contributed by atoms with Gasteiger partial charge in [-0.2, -0.15) is 0 Å². The lowest BCUT2D eigenvalue weighted by atomic mass is 9.98. The Kier molecular flexibility index (Phi) is 21.1. The molecule has 0 unspecified atom stereocenters. The van der Waals surface area contributed by atoms with E-state index in [1.165, 1.54) is 17.1 Å². The smallest absolute Gasteiger partial charge is 0.407 e. The Morgan fingerprint density at radius 1 is 0.688 bits per heavy atom. The zero-order valence-corrected chi connectivity index (χ0v) is 37.4. The summed E-state index contributed by atoms with van der Waals surface area (Å²) in [5, 5.41) is 21.0. The number of aliphatic hydroxyl groups is 1. The average Bonchev–Trinajstić information content (AvgIpc) is 3.81. The van der Waals surface area contributed by atoms with Gasteiger partial charge in [0.15, 0.2) is 0 Å². The molecular formula is C51H63N5O8. The Morgan fingerprint density at radius 3 is 1.89 bits per heavy atom. The summed E-state index contributed by atoms with van der Waals surface area (Å²) in [7, 11) is 1.87. The van der Waals surface area contributed by atoms with Gasteiger partial charge in [0.05, 0.1) is 6.61 Å². The zero-order chi connectivity index (χ0) is 46.3. The van der Waals surface area contributed by atoms with E-state index in [0.29, 0.717) is 31.5 Å². The Morgan fingerprint density at radius 2 is 1.30 bits per heavy atom. The van der Waals surface area contributed by atoms with Crippen molar-refractivity contribution < 1.29 is 38.6 Å². The van der Waals surface area contributed by atoms with Gasteiger partial charge >= 0.3 is 6.09 Å². The number of ketones is 1. The molecule has 0 saturated heterocycles. The maximum atomic E-state index is 13.8. The number of fused-ring (bicyclic) bond motifs is 3. The van der Waals surface area contributed by atoms with Crippen molar-refractivity contribution in [2.24, 2.45) is 0 Å². The van der Waals surface area contributed by atoms with E-state index in [4.69, 9.17) is 4.74 Å². The topological polar surface area (TPSA) is 183 Å². The minimum Gasteiger partial charge on any atom is -0.449 e. The van der Waals surface area contributed by atoms with Crippen LogP contribution in [0.4, 0.5) is 10.5 Å². The molecule has 1 aliphatic heterocycles. The lowest BCUT2D eigenvalue weighted by Crippen LogP contribution is -2.53. The number of alkyl carbamates (subject to hydrolysis) is 1. The molecule has 0 fully saturated rings. The van der Waals surface area contributed by atoms with Crippen LogP contribution < -0.4 is 21.3 Å². The Labute approximate surface area is 377 Å². The van der Waals surface area contributed by atoms with Gasteiger partial charge in [0, 0.05) is 43.1 Å². The summed E-state index contributed by atoms with van der Waals surface area (Å²) in [6.07, 6.45) is 7.09. The standard InChI is InChI=1S/C38H42N4O5.C11H15NO3.C2H6/c1-39-22-10-9-17-34(36(44)40-28-20-18-27(24-43)19-21-28)41-37(45)35(23-26-11-3-2-4-12-26)42-38(46)47-25-33-31-15-7-5-13-29(31)30-14-6-8-16-32(30)33;1-9(13)5-3-2-4-8-12-10(14)6-7-11(12)15;1-2/h2-8,11-16,18-21,33-35,39,43H,9-10,17,22-25H2,1H3,(H,40,44)(H,41,45)(H,42,46);6-7H,2-5,8H2,1H3;1-2H3/t34-,35-;;/m0../s1. The molecule has 340 valence electrons. The molecule has 0 saturated carbocycles. The van der Waals surface area contributed by atoms with E-state index >= 15 is 0 Å². The monoisotopic (exact) mass is 873 g/mol. The molecule has 4 aromatic carbocycles. The third-order valence-corrected chi connectivity index (χ3v) is 10.8. The number of rotatable bonds is 21. The highest BCUT2D eigenvalue weighted by atomic mass is 16.5. The number of unbranched alkanes of at least 4 members (excludes halogenated alkanes) is 3. The number of nitrogens with one attached hydrogen (secondary N) is 4. The SMILES string of the molecule is CC.CC(=O)CCCCCN1C(=O)C=CC1=O.CNCCCC[C@H](NC(=O)[C@H](Cc1ccccc1)NC(=O)OCC1c2ccccc2-c2ccccc21)C(=O)Nc1ccc(CO)cc1. The largest absolute Gasteiger partial charge is 0.449 e. The molecular weight excluding hydrogens is 811 g/mol. The highest BCUT2D eigenvalue weighted by Gasteiger charge is 2.31. The number of Topliss-reactive ketones (excluding diaryl/α,β-unsaturated/α-hetero) is 1. The number of ether oxygens (including phenoxy) is 1. The number of carbonyl (C=O) groups is 6. The third-order valence-electron chi connectivity index (χ3n) is 10.8. The van der Waals surface area contributed by atoms with Crippen molar-refractivity contribution >= 4 is 41.2 Å². The molecule has 1 heterocycles.